The number of nitrogens with zero attached hydrogens (tertiary/aromatic N) is 1. The average molecular weight is 259 g/mol. The highest BCUT2D eigenvalue weighted by Crippen LogP contribution is 2.28. The second-order valence-electron chi connectivity index (χ2n) is 3.84. The molecule has 3 nitrogen and oxygen atoms in total. The van der Waals surface area contributed by atoms with Crippen molar-refractivity contribution >= 4 is 21.6 Å². The number of aliphatic hydroxyl groups excluding tert-OH is 1. The van der Waals surface area contributed by atoms with Gasteiger partial charge >= 0.3 is 0 Å². The minimum absolute atomic E-state index is 0.0467. The Balaban J connectivity index is 2.09. The van der Waals surface area contributed by atoms with E-state index in [0.29, 0.717) is 6.61 Å². The number of aromatic nitrogens is 1. The van der Waals surface area contributed by atoms with Gasteiger partial charge in [0.25, 0.3) is 0 Å². The van der Waals surface area contributed by atoms with Crippen molar-refractivity contribution in [1.82, 2.24) is 4.98 Å². The van der Waals surface area contributed by atoms with Crippen molar-refractivity contribution in [2.24, 2.45) is 0 Å². The van der Waals surface area contributed by atoms with Crippen LogP contribution in [0.5, 0.6) is 0 Å². The van der Waals surface area contributed by atoms with Gasteiger partial charge in [-0.05, 0) is 36.8 Å². The molecule has 0 unspecified atom stereocenters. The predicted octanol–water partition coefficient (Wildman–Crippen LogP) is 2.61. The van der Waals surface area contributed by atoms with E-state index in [0.717, 1.165) is 10.8 Å². The van der Waals surface area contributed by atoms with Gasteiger partial charge in [-0.2, -0.15) is 0 Å². The summed E-state index contributed by atoms with van der Waals surface area (Å²) in [5.74, 6) is 0.880. The van der Waals surface area contributed by atoms with E-state index in [1.54, 1.807) is 27.8 Å². The van der Waals surface area contributed by atoms with Crippen LogP contribution >= 0.6 is 21.6 Å². The summed E-state index contributed by atoms with van der Waals surface area (Å²) in [5, 5.41) is 9.99. The Morgan fingerprint density at radius 1 is 1.44 bits per heavy atom. The van der Waals surface area contributed by atoms with E-state index in [1.807, 2.05) is 32.0 Å². The highest BCUT2D eigenvalue weighted by Gasteiger charge is 2.15. The lowest BCUT2D eigenvalue weighted by molar-refractivity contribution is -0.0464. The fourth-order valence-corrected chi connectivity index (χ4v) is 2.60. The minimum atomic E-state index is -0.434. The van der Waals surface area contributed by atoms with Crippen molar-refractivity contribution in [3.8, 4) is 0 Å². The molecule has 1 heterocycles. The van der Waals surface area contributed by atoms with E-state index in [9.17, 15) is 0 Å². The summed E-state index contributed by atoms with van der Waals surface area (Å²) in [6, 6.07) is 5.86. The Morgan fingerprint density at radius 2 is 2.25 bits per heavy atom. The van der Waals surface area contributed by atoms with Gasteiger partial charge in [-0.1, -0.05) is 16.9 Å². The van der Waals surface area contributed by atoms with Gasteiger partial charge < -0.3 is 9.84 Å². The molecule has 0 fully saturated rings. The van der Waals surface area contributed by atoms with Crippen LogP contribution < -0.4 is 0 Å². The van der Waals surface area contributed by atoms with Crippen LogP contribution in [0.1, 0.15) is 13.8 Å². The van der Waals surface area contributed by atoms with Gasteiger partial charge in [0.2, 0.25) is 0 Å². The van der Waals surface area contributed by atoms with Crippen molar-refractivity contribution in [3.05, 3.63) is 24.4 Å². The molecule has 1 rings (SSSR count). The van der Waals surface area contributed by atoms with Gasteiger partial charge in [0.1, 0.15) is 5.03 Å². The molecule has 1 aromatic rings. The highest BCUT2D eigenvalue weighted by molar-refractivity contribution is 8.76. The van der Waals surface area contributed by atoms with E-state index in [2.05, 4.69) is 4.98 Å². The molecular formula is C11H17NO2S2. The van der Waals surface area contributed by atoms with Gasteiger partial charge in [0.15, 0.2) is 0 Å². The zero-order valence-electron chi connectivity index (χ0n) is 9.55. The van der Waals surface area contributed by atoms with Gasteiger partial charge in [0.05, 0.1) is 18.8 Å². The summed E-state index contributed by atoms with van der Waals surface area (Å²) in [4.78, 5) is 4.20. The third kappa shape index (κ3) is 5.75. The normalized spacial score (nSPS) is 11.7. The third-order valence-electron chi connectivity index (χ3n) is 1.82. The summed E-state index contributed by atoms with van der Waals surface area (Å²) < 4.78 is 5.51. The van der Waals surface area contributed by atoms with Crippen molar-refractivity contribution in [3.63, 3.8) is 0 Å². The van der Waals surface area contributed by atoms with E-state index < -0.39 is 5.60 Å². The fraction of sp³-hybridized carbons (Fsp3) is 0.545. The fourth-order valence-electron chi connectivity index (χ4n) is 0.896. The molecule has 16 heavy (non-hydrogen) atoms. The molecule has 0 atom stereocenters. The van der Waals surface area contributed by atoms with Crippen molar-refractivity contribution in [2.45, 2.75) is 24.5 Å². The first-order valence-corrected chi connectivity index (χ1v) is 7.41. The van der Waals surface area contributed by atoms with E-state index in [4.69, 9.17) is 9.84 Å². The number of hydrogen-bond acceptors (Lipinski definition) is 5. The maximum atomic E-state index is 8.98. The lowest BCUT2D eigenvalue weighted by Gasteiger charge is -2.22. The first kappa shape index (κ1) is 13.8. The molecule has 1 aromatic heterocycles. The van der Waals surface area contributed by atoms with E-state index in [1.165, 1.54) is 0 Å². The van der Waals surface area contributed by atoms with Crippen LogP contribution in [0.4, 0.5) is 0 Å². The second-order valence-corrected chi connectivity index (χ2v) is 6.28. The number of rotatable bonds is 7. The van der Waals surface area contributed by atoms with Crippen LogP contribution in [0.15, 0.2) is 29.4 Å². The summed E-state index contributed by atoms with van der Waals surface area (Å²) in [6.45, 7) is 4.44. The number of hydrogen-bond donors (Lipinski definition) is 1. The Kier molecular flexibility index (Phi) is 6.20. The molecule has 0 amide bonds. The maximum Gasteiger partial charge on any atom is 0.106 e. The van der Waals surface area contributed by atoms with Crippen molar-refractivity contribution in [2.75, 3.05) is 19.0 Å². The maximum absolute atomic E-state index is 8.98. The summed E-state index contributed by atoms with van der Waals surface area (Å²) in [7, 11) is 3.35. The molecule has 0 spiro atoms. The molecule has 0 bridgehead atoms. The monoisotopic (exact) mass is 259 g/mol. The Bertz CT molecular complexity index is 293. The molecule has 0 saturated heterocycles. The first-order chi connectivity index (χ1) is 7.64. The van der Waals surface area contributed by atoms with Crippen LogP contribution in [0, 0.1) is 0 Å². The molecule has 90 valence electrons. The quantitative estimate of drug-likeness (QED) is 0.602. The lowest BCUT2D eigenvalue weighted by Crippen LogP contribution is -2.29. The van der Waals surface area contributed by atoms with Crippen LogP contribution in [0.2, 0.25) is 0 Å². The largest absolute Gasteiger partial charge is 0.393 e. The highest BCUT2D eigenvalue weighted by atomic mass is 33.1. The summed E-state index contributed by atoms with van der Waals surface area (Å²) in [6.07, 6.45) is 1.79. The second kappa shape index (κ2) is 7.17. The Hall–Kier alpha value is -0.230. The summed E-state index contributed by atoms with van der Waals surface area (Å²) in [5.41, 5.74) is -0.434. The van der Waals surface area contributed by atoms with Gasteiger partial charge in [0, 0.05) is 11.9 Å². The van der Waals surface area contributed by atoms with Crippen LogP contribution in [0.25, 0.3) is 0 Å². The predicted molar refractivity (Wildman–Crippen MR) is 69.7 cm³/mol. The molecule has 0 aliphatic heterocycles. The van der Waals surface area contributed by atoms with Crippen molar-refractivity contribution in [1.29, 1.82) is 0 Å². The standard InChI is InChI=1S/C11H17NO2S2/c1-11(2,9-13)14-7-8-15-16-10-5-3-4-6-12-10/h3-6,13H,7-9H2,1-2H3. The lowest BCUT2D eigenvalue weighted by atomic mass is 10.2. The Morgan fingerprint density at radius 3 is 2.88 bits per heavy atom. The van der Waals surface area contributed by atoms with Gasteiger partial charge in [-0.3, -0.25) is 0 Å². The number of pyridine rings is 1. The van der Waals surface area contributed by atoms with Crippen molar-refractivity contribution < 1.29 is 9.84 Å². The zero-order valence-corrected chi connectivity index (χ0v) is 11.2. The SMILES string of the molecule is CC(C)(CO)OCCSSc1ccccn1. The molecule has 0 aliphatic carbocycles. The van der Waals surface area contributed by atoms with Crippen LogP contribution in [0.3, 0.4) is 0 Å². The third-order valence-corrected chi connectivity index (χ3v) is 4.05. The number of aliphatic hydroxyl groups is 1. The zero-order chi connectivity index (χ0) is 11.9. The molecule has 0 radical (unpaired) electrons. The van der Waals surface area contributed by atoms with Gasteiger partial charge in [-0.25, -0.2) is 4.98 Å². The first-order valence-electron chi connectivity index (χ1n) is 5.09. The van der Waals surface area contributed by atoms with Gasteiger partial charge in [-0.15, -0.1) is 0 Å². The number of ether oxygens (including phenoxy) is 1. The smallest absolute Gasteiger partial charge is 0.106 e. The molecule has 0 saturated carbocycles. The Labute approximate surface area is 104 Å². The summed E-state index contributed by atoms with van der Waals surface area (Å²) >= 11 is 0. The van der Waals surface area contributed by atoms with E-state index in [-0.39, 0.29) is 6.61 Å². The van der Waals surface area contributed by atoms with Crippen LogP contribution in [-0.2, 0) is 4.74 Å². The molecule has 0 aliphatic rings. The topological polar surface area (TPSA) is 42.4 Å². The minimum Gasteiger partial charge on any atom is -0.393 e. The molecular weight excluding hydrogens is 242 g/mol. The molecule has 5 heteroatoms. The molecule has 0 aromatic carbocycles. The van der Waals surface area contributed by atoms with E-state index >= 15 is 0 Å². The molecule has 1 N–H and O–H groups in total. The van der Waals surface area contributed by atoms with Crippen LogP contribution in [-0.4, -0.2) is 34.7 Å². The average Bonchev–Trinajstić information content (AvgIpc) is 2.30.